The molecular weight excluding hydrogens is 318 g/mol. The molecule has 7 heteroatoms. The van der Waals surface area contributed by atoms with Crippen LogP contribution in [0.25, 0.3) is 0 Å². The summed E-state index contributed by atoms with van der Waals surface area (Å²) in [6.45, 7) is 5.40. The van der Waals surface area contributed by atoms with Crippen LogP contribution in [0.15, 0.2) is 24.3 Å². The number of aryl methyl sites for hydroxylation is 1. The van der Waals surface area contributed by atoms with E-state index in [0.29, 0.717) is 11.3 Å². The monoisotopic (exact) mass is 336 g/mol. The molecule has 1 aromatic heterocycles. The summed E-state index contributed by atoms with van der Waals surface area (Å²) >= 11 is 0. The van der Waals surface area contributed by atoms with Gasteiger partial charge in [0.2, 0.25) is 5.91 Å². The lowest BCUT2D eigenvalue weighted by Crippen LogP contribution is -2.20. The summed E-state index contributed by atoms with van der Waals surface area (Å²) < 4.78 is 32.7. The van der Waals surface area contributed by atoms with Crippen LogP contribution in [0.2, 0.25) is 0 Å². The number of halogens is 2. The van der Waals surface area contributed by atoms with Crippen LogP contribution in [-0.2, 0) is 16.1 Å². The van der Waals surface area contributed by atoms with Gasteiger partial charge in [-0.05, 0) is 39.0 Å². The summed E-state index contributed by atoms with van der Waals surface area (Å²) in [5.74, 6) is -2.88. The van der Waals surface area contributed by atoms with E-state index in [0.717, 1.165) is 17.8 Å². The Morgan fingerprint density at radius 1 is 1.17 bits per heavy atom. The first-order valence-electron chi connectivity index (χ1n) is 7.42. The van der Waals surface area contributed by atoms with Crippen molar-refractivity contribution in [3.8, 4) is 0 Å². The molecule has 0 saturated carbocycles. The topological polar surface area (TPSA) is 60.3 Å². The molecule has 1 aromatic carbocycles. The average molecular weight is 336 g/mol. The Labute approximate surface area is 138 Å². The van der Waals surface area contributed by atoms with Gasteiger partial charge >= 0.3 is 5.97 Å². The number of benzene rings is 1. The minimum Gasteiger partial charge on any atom is -0.462 e. The molecule has 0 bridgehead atoms. The molecule has 0 atom stereocenters. The Bertz CT molecular complexity index is 784. The van der Waals surface area contributed by atoms with Gasteiger partial charge in [-0.25, -0.2) is 13.6 Å². The highest BCUT2D eigenvalue weighted by molar-refractivity contribution is 5.93. The minimum atomic E-state index is -1.04. The van der Waals surface area contributed by atoms with Gasteiger partial charge in [0.25, 0.3) is 0 Å². The quantitative estimate of drug-likeness (QED) is 0.853. The Morgan fingerprint density at radius 3 is 2.50 bits per heavy atom. The zero-order chi connectivity index (χ0) is 17.9. The number of nitrogens with one attached hydrogen (secondary N) is 1. The maximum atomic E-state index is 13.2. The highest BCUT2D eigenvalue weighted by Gasteiger charge is 2.18. The third-order valence-corrected chi connectivity index (χ3v) is 3.57. The Balaban J connectivity index is 2.14. The second-order valence-corrected chi connectivity index (χ2v) is 5.27. The maximum absolute atomic E-state index is 13.2. The van der Waals surface area contributed by atoms with Crippen molar-refractivity contribution in [2.45, 2.75) is 27.3 Å². The van der Waals surface area contributed by atoms with E-state index in [1.165, 1.54) is 6.07 Å². The number of anilines is 1. The summed E-state index contributed by atoms with van der Waals surface area (Å²) in [6.07, 6.45) is 0. The molecule has 0 aliphatic carbocycles. The second kappa shape index (κ2) is 7.25. The van der Waals surface area contributed by atoms with Crippen LogP contribution in [0.5, 0.6) is 0 Å². The molecule has 1 heterocycles. The van der Waals surface area contributed by atoms with Crippen molar-refractivity contribution in [2.75, 3.05) is 11.9 Å². The van der Waals surface area contributed by atoms with Gasteiger partial charge < -0.3 is 14.6 Å². The number of hydrogen-bond acceptors (Lipinski definition) is 3. The Morgan fingerprint density at radius 2 is 1.88 bits per heavy atom. The smallest absolute Gasteiger partial charge is 0.339 e. The highest BCUT2D eigenvalue weighted by atomic mass is 19.2. The van der Waals surface area contributed by atoms with Crippen molar-refractivity contribution in [3.05, 3.63) is 52.9 Å². The predicted molar refractivity (Wildman–Crippen MR) is 84.9 cm³/mol. The number of nitrogens with zero attached hydrogens (tertiary/aromatic N) is 1. The average Bonchev–Trinajstić information content (AvgIpc) is 2.79. The fourth-order valence-electron chi connectivity index (χ4n) is 2.38. The lowest BCUT2D eigenvalue weighted by Gasteiger charge is -2.11. The molecule has 0 fully saturated rings. The number of esters is 1. The molecule has 0 unspecified atom stereocenters. The number of carbonyl (C=O) groups excluding carboxylic acids is 2. The van der Waals surface area contributed by atoms with E-state index in [-0.39, 0.29) is 18.8 Å². The third-order valence-electron chi connectivity index (χ3n) is 3.57. The molecule has 128 valence electrons. The van der Waals surface area contributed by atoms with Crippen molar-refractivity contribution >= 4 is 17.6 Å². The van der Waals surface area contributed by atoms with Gasteiger partial charge in [-0.3, -0.25) is 4.79 Å². The summed E-state index contributed by atoms with van der Waals surface area (Å²) in [6, 6.07) is 4.77. The molecule has 2 aromatic rings. The summed E-state index contributed by atoms with van der Waals surface area (Å²) in [7, 11) is 0. The van der Waals surface area contributed by atoms with Gasteiger partial charge in [0.1, 0.15) is 6.54 Å². The lowest BCUT2D eigenvalue weighted by atomic mass is 10.2. The van der Waals surface area contributed by atoms with Crippen LogP contribution in [0.1, 0.15) is 28.7 Å². The van der Waals surface area contributed by atoms with Gasteiger partial charge in [0.05, 0.1) is 12.2 Å². The normalized spacial score (nSPS) is 10.5. The van der Waals surface area contributed by atoms with Gasteiger partial charge in [-0.2, -0.15) is 0 Å². The van der Waals surface area contributed by atoms with Crippen LogP contribution in [0, 0.1) is 25.5 Å². The van der Waals surface area contributed by atoms with Gasteiger partial charge in [0, 0.05) is 23.1 Å². The SMILES string of the molecule is CCOC(=O)c1cc(C)n(CC(=O)Nc2ccc(F)c(F)c2)c1C. The molecule has 24 heavy (non-hydrogen) atoms. The first-order chi connectivity index (χ1) is 11.3. The van der Waals surface area contributed by atoms with Crippen molar-refractivity contribution in [3.63, 3.8) is 0 Å². The van der Waals surface area contributed by atoms with Crippen molar-refractivity contribution in [2.24, 2.45) is 0 Å². The summed E-state index contributed by atoms with van der Waals surface area (Å²) in [5, 5.41) is 2.49. The largest absolute Gasteiger partial charge is 0.462 e. The summed E-state index contributed by atoms with van der Waals surface area (Å²) in [4.78, 5) is 24.0. The van der Waals surface area contributed by atoms with E-state index < -0.39 is 23.5 Å². The number of aromatic nitrogens is 1. The predicted octanol–water partition coefficient (Wildman–Crippen LogP) is 3.20. The molecule has 1 amide bonds. The fraction of sp³-hybridized carbons (Fsp3) is 0.294. The molecular formula is C17H18F2N2O3. The van der Waals surface area contributed by atoms with Gasteiger partial charge in [0.15, 0.2) is 11.6 Å². The van der Waals surface area contributed by atoms with Crippen molar-refractivity contribution in [1.82, 2.24) is 4.57 Å². The van der Waals surface area contributed by atoms with E-state index in [1.807, 2.05) is 0 Å². The second-order valence-electron chi connectivity index (χ2n) is 5.27. The molecule has 1 N–H and O–H groups in total. The zero-order valence-corrected chi connectivity index (χ0v) is 13.7. The lowest BCUT2D eigenvalue weighted by molar-refractivity contribution is -0.116. The van der Waals surface area contributed by atoms with Crippen LogP contribution >= 0.6 is 0 Å². The first kappa shape index (κ1) is 17.7. The fourth-order valence-corrected chi connectivity index (χ4v) is 2.38. The van der Waals surface area contributed by atoms with Gasteiger partial charge in [-0.1, -0.05) is 0 Å². The van der Waals surface area contributed by atoms with E-state index in [4.69, 9.17) is 4.74 Å². The maximum Gasteiger partial charge on any atom is 0.339 e. The molecule has 0 aliphatic rings. The molecule has 0 saturated heterocycles. The number of rotatable bonds is 5. The first-order valence-corrected chi connectivity index (χ1v) is 7.42. The highest BCUT2D eigenvalue weighted by Crippen LogP contribution is 2.17. The van der Waals surface area contributed by atoms with Crippen LogP contribution in [-0.4, -0.2) is 23.1 Å². The molecule has 0 aliphatic heterocycles. The zero-order valence-electron chi connectivity index (χ0n) is 13.7. The van der Waals surface area contributed by atoms with E-state index in [2.05, 4.69) is 5.32 Å². The third kappa shape index (κ3) is 3.79. The number of amides is 1. The van der Waals surface area contributed by atoms with Gasteiger partial charge in [-0.15, -0.1) is 0 Å². The minimum absolute atomic E-state index is 0.0595. The molecule has 2 rings (SSSR count). The molecule has 5 nitrogen and oxygen atoms in total. The van der Waals surface area contributed by atoms with E-state index >= 15 is 0 Å². The van der Waals surface area contributed by atoms with Crippen LogP contribution in [0.3, 0.4) is 0 Å². The van der Waals surface area contributed by atoms with Crippen LogP contribution < -0.4 is 5.32 Å². The Hall–Kier alpha value is -2.70. The molecule has 0 radical (unpaired) electrons. The van der Waals surface area contributed by atoms with Crippen molar-refractivity contribution in [1.29, 1.82) is 0 Å². The number of carbonyl (C=O) groups is 2. The number of hydrogen-bond donors (Lipinski definition) is 1. The Kier molecular flexibility index (Phi) is 5.33. The number of ether oxygens (including phenoxy) is 1. The summed E-state index contributed by atoms with van der Waals surface area (Å²) in [5.41, 5.74) is 1.88. The van der Waals surface area contributed by atoms with E-state index in [9.17, 15) is 18.4 Å². The molecule has 0 spiro atoms. The standard InChI is InChI=1S/C17H18F2N2O3/c1-4-24-17(23)13-7-10(2)21(11(13)3)9-16(22)20-12-5-6-14(18)15(19)8-12/h5-8H,4,9H2,1-3H3,(H,20,22). The van der Waals surface area contributed by atoms with Crippen LogP contribution in [0.4, 0.5) is 14.5 Å². The van der Waals surface area contributed by atoms with E-state index in [1.54, 1.807) is 31.4 Å². The van der Waals surface area contributed by atoms with Crippen molar-refractivity contribution < 1.29 is 23.1 Å².